The quantitative estimate of drug-likeness (QED) is 0.471. The Morgan fingerprint density at radius 1 is 1.15 bits per heavy atom. The van der Waals surface area contributed by atoms with Gasteiger partial charge in [0.2, 0.25) is 17.5 Å². The maximum Gasteiger partial charge on any atom is 0.245 e. The Kier molecular flexibility index (Phi) is 1.81. The molecular formula is C11H10NO+. The molecule has 0 aliphatic heterocycles. The number of hydrogen-bond acceptors (Lipinski definition) is 1. The number of para-hydroxylation sites is 1. The number of hydrogen-bond donors (Lipinski definition) is 0. The molecule has 13 heavy (non-hydrogen) atoms. The predicted molar refractivity (Wildman–Crippen MR) is 50.5 cm³/mol. The molecule has 0 unspecified atom stereocenters. The molecule has 0 spiro atoms. The highest BCUT2D eigenvalue weighted by atomic mass is 16.1. The van der Waals surface area contributed by atoms with Gasteiger partial charge in [-0.25, -0.2) is 0 Å². The molecule has 0 aliphatic carbocycles. The van der Waals surface area contributed by atoms with E-state index in [9.17, 15) is 4.79 Å². The van der Waals surface area contributed by atoms with Crippen LogP contribution in [0, 0.1) is 0 Å². The van der Waals surface area contributed by atoms with Crippen molar-refractivity contribution in [1.82, 2.24) is 0 Å². The SMILES string of the molecule is C[n+]1c(C=O)ccc2ccccc21. The van der Waals surface area contributed by atoms with E-state index in [2.05, 4.69) is 0 Å². The van der Waals surface area contributed by atoms with E-state index in [0.717, 1.165) is 17.2 Å². The van der Waals surface area contributed by atoms with Gasteiger partial charge in [-0.1, -0.05) is 12.1 Å². The second-order valence-electron chi connectivity index (χ2n) is 2.99. The maximum atomic E-state index is 10.7. The van der Waals surface area contributed by atoms with Crippen molar-refractivity contribution >= 4 is 17.2 Å². The smallest absolute Gasteiger partial charge is 0.245 e. The largest absolute Gasteiger partial charge is 0.291 e. The highest BCUT2D eigenvalue weighted by Crippen LogP contribution is 2.08. The Bertz CT molecular complexity index is 463. The third kappa shape index (κ3) is 1.20. The molecule has 0 atom stereocenters. The van der Waals surface area contributed by atoms with Crippen molar-refractivity contribution in [2.45, 2.75) is 0 Å². The first-order chi connectivity index (χ1) is 6.33. The van der Waals surface area contributed by atoms with Crippen LogP contribution in [0.25, 0.3) is 10.9 Å². The fraction of sp³-hybridized carbons (Fsp3) is 0.0909. The van der Waals surface area contributed by atoms with Crippen molar-refractivity contribution in [2.75, 3.05) is 0 Å². The number of nitrogens with zero attached hydrogens (tertiary/aromatic N) is 1. The van der Waals surface area contributed by atoms with Gasteiger partial charge < -0.3 is 0 Å². The zero-order valence-corrected chi connectivity index (χ0v) is 7.40. The van der Waals surface area contributed by atoms with Crippen molar-refractivity contribution in [3.8, 4) is 0 Å². The molecule has 1 heterocycles. The molecule has 0 amide bonds. The van der Waals surface area contributed by atoms with E-state index in [-0.39, 0.29) is 0 Å². The summed E-state index contributed by atoms with van der Waals surface area (Å²) in [5.41, 5.74) is 1.77. The van der Waals surface area contributed by atoms with Gasteiger partial charge in [-0.3, -0.25) is 4.79 Å². The number of benzene rings is 1. The van der Waals surface area contributed by atoms with Crippen LogP contribution in [-0.4, -0.2) is 6.29 Å². The summed E-state index contributed by atoms with van der Waals surface area (Å²) in [6.45, 7) is 0. The zero-order valence-electron chi connectivity index (χ0n) is 7.40. The molecule has 2 aromatic rings. The molecule has 1 aromatic carbocycles. The van der Waals surface area contributed by atoms with E-state index in [4.69, 9.17) is 0 Å². The first kappa shape index (κ1) is 7.92. The fourth-order valence-corrected chi connectivity index (χ4v) is 1.48. The van der Waals surface area contributed by atoms with Gasteiger partial charge in [-0.2, -0.15) is 4.57 Å². The standard InChI is InChI=1S/C11H10NO/c1-12-10(8-13)7-6-9-4-2-3-5-11(9)12/h2-8H,1H3/q+1. The summed E-state index contributed by atoms with van der Waals surface area (Å²) in [4.78, 5) is 10.7. The molecule has 64 valence electrons. The topological polar surface area (TPSA) is 20.9 Å². The molecule has 2 nitrogen and oxygen atoms in total. The molecule has 0 N–H and O–H groups in total. The van der Waals surface area contributed by atoms with Crippen molar-refractivity contribution in [3.05, 3.63) is 42.1 Å². The monoisotopic (exact) mass is 172 g/mol. The minimum absolute atomic E-state index is 0.693. The van der Waals surface area contributed by atoms with Gasteiger partial charge in [0, 0.05) is 17.5 Å². The lowest BCUT2D eigenvalue weighted by Crippen LogP contribution is -2.34. The number of carbonyl (C=O) groups is 1. The third-order valence-corrected chi connectivity index (χ3v) is 2.24. The lowest BCUT2D eigenvalue weighted by atomic mass is 10.2. The van der Waals surface area contributed by atoms with Crippen LogP contribution >= 0.6 is 0 Å². The van der Waals surface area contributed by atoms with E-state index in [0.29, 0.717) is 5.69 Å². The minimum atomic E-state index is 0.693. The second-order valence-corrected chi connectivity index (χ2v) is 2.99. The number of carbonyl (C=O) groups excluding carboxylic acids is 1. The Morgan fingerprint density at radius 3 is 2.69 bits per heavy atom. The minimum Gasteiger partial charge on any atom is -0.291 e. The van der Waals surface area contributed by atoms with E-state index in [1.165, 1.54) is 0 Å². The lowest BCUT2D eigenvalue weighted by molar-refractivity contribution is -0.646. The van der Waals surface area contributed by atoms with Gasteiger partial charge in [-0.15, -0.1) is 0 Å². The second kappa shape index (κ2) is 2.98. The number of aryl methyl sites for hydroxylation is 1. The van der Waals surface area contributed by atoms with Crippen LogP contribution in [0.15, 0.2) is 36.4 Å². The number of aromatic nitrogens is 1. The normalized spacial score (nSPS) is 10.2. The third-order valence-electron chi connectivity index (χ3n) is 2.24. The fourth-order valence-electron chi connectivity index (χ4n) is 1.48. The van der Waals surface area contributed by atoms with Gasteiger partial charge in [0.15, 0.2) is 0 Å². The predicted octanol–water partition coefficient (Wildman–Crippen LogP) is 1.48. The lowest BCUT2D eigenvalue weighted by Gasteiger charge is -1.97. The first-order valence-corrected chi connectivity index (χ1v) is 4.16. The molecule has 0 fully saturated rings. The van der Waals surface area contributed by atoms with Crippen LogP contribution in [0.2, 0.25) is 0 Å². The van der Waals surface area contributed by atoms with E-state index in [1.54, 1.807) is 0 Å². The molecule has 0 saturated heterocycles. The van der Waals surface area contributed by atoms with E-state index < -0.39 is 0 Å². The Morgan fingerprint density at radius 2 is 1.92 bits per heavy atom. The van der Waals surface area contributed by atoms with Gasteiger partial charge in [0.1, 0.15) is 7.05 Å². The molecule has 0 radical (unpaired) electrons. The molecule has 2 heteroatoms. The van der Waals surface area contributed by atoms with E-state index in [1.807, 2.05) is 48.0 Å². The zero-order chi connectivity index (χ0) is 9.26. The first-order valence-electron chi connectivity index (χ1n) is 4.16. The van der Waals surface area contributed by atoms with Gasteiger partial charge >= 0.3 is 0 Å². The van der Waals surface area contributed by atoms with Crippen LogP contribution in [-0.2, 0) is 7.05 Å². The highest BCUT2D eigenvalue weighted by Gasteiger charge is 2.08. The van der Waals surface area contributed by atoms with Crippen molar-refractivity contribution in [3.63, 3.8) is 0 Å². The molecule has 0 bridgehead atoms. The molecule has 0 saturated carbocycles. The number of pyridine rings is 1. The molecule has 1 aromatic heterocycles. The molecule has 0 aliphatic rings. The molecule has 2 rings (SSSR count). The van der Waals surface area contributed by atoms with Crippen molar-refractivity contribution < 1.29 is 9.36 Å². The maximum absolute atomic E-state index is 10.7. The number of aldehydes is 1. The van der Waals surface area contributed by atoms with Gasteiger partial charge in [0.05, 0.1) is 0 Å². The summed E-state index contributed by atoms with van der Waals surface area (Å²) in [6.07, 6.45) is 0.867. The van der Waals surface area contributed by atoms with Gasteiger partial charge in [0.25, 0.3) is 0 Å². The number of fused-ring (bicyclic) bond motifs is 1. The summed E-state index contributed by atoms with van der Waals surface area (Å²) in [5, 5.41) is 1.15. The Hall–Kier alpha value is -1.70. The molecular weight excluding hydrogens is 162 g/mol. The summed E-state index contributed by atoms with van der Waals surface area (Å²) in [7, 11) is 1.89. The van der Waals surface area contributed by atoms with E-state index >= 15 is 0 Å². The average Bonchev–Trinajstić information content (AvgIpc) is 2.19. The van der Waals surface area contributed by atoms with Crippen LogP contribution in [0.4, 0.5) is 0 Å². The summed E-state index contributed by atoms with van der Waals surface area (Å²) in [6, 6.07) is 11.8. The Labute approximate surface area is 76.4 Å². The average molecular weight is 172 g/mol. The van der Waals surface area contributed by atoms with Crippen LogP contribution in [0.1, 0.15) is 10.5 Å². The number of rotatable bonds is 1. The van der Waals surface area contributed by atoms with Crippen molar-refractivity contribution in [2.24, 2.45) is 7.05 Å². The summed E-state index contributed by atoms with van der Waals surface area (Å²) in [5.74, 6) is 0. The van der Waals surface area contributed by atoms with Gasteiger partial charge in [-0.05, 0) is 12.1 Å². The summed E-state index contributed by atoms with van der Waals surface area (Å²) >= 11 is 0. The van der Waals surface area contributed by atoms with Crippen LogP contribution in [0.5, 0.6) is 0 Å². The van der Waals surface area contributed by atoms with Crippen LogP contribution in [0.3, 0.4) is 0 Å². The Balaban J connectivity index is 2.86. The van der Waals surface area contributed by atoms with Crippen molar-refractivity contribution in [1.29, 1.82) is 0 Å². The highest BCUT2D eigenvalue weighted by molar-refractivity contribution is 5.79. The summed E-state index contributed by atoms with van der Waals surface area (Å²) < 4.78 is 1.89. The van der Waals surface area contributed by atoms with Crippen LogP contribution < -0.4 is 4.57 Å².